The summed E-state index contributed by atoms with van der Waals surface area (Å²) >= 11 is 3.29. The average molecular weight is 327 g/mol. The van der Waals surface area contributed by atoms with Crippen LogP contribution in [0.2, 0.25) is 0 Å². The lowest BCUT2D eigenvalue weighted by Gasteiger charge is -2.07. The van der Waals surface area contributed by atoms with E-state index in [0.29, 0.717) is 22.4 Å². The van der Waals surface area contributed by atoms with E-state index in [1.807, 2.05) is 0 Å². The quantitative estimate of drug-likeness (QED) is 0.942. The van der Waals surface area contributed by atoms with E-state index in [4.69, 9.17) is 5.11 Å². The van der Waals surface area contributed by atoms with Crippen LogP contribution in [0.1, 0.15) is 27.3 Å². The first-order valence-corrected chi connectivity index (χ1v) is 6.40. The zero-order chi connectivity index (χ0) is 14.2. The average Bonchev–Trinajstić information content (AvgIpc) is 2.58. The molecule has 0 unspecified atom stereocenters. The smallest absolute Gasteiger partial charge is 0.339 e. The van der Waals surface area contributed by atoms with Crippen molar-refractivity contribution in [1.29, 1.82) is 0 Å². The van der Waals surface area contributed by atoms with E-state index in [-0.39, 0.29) is 11.4 Å². The molecule has 0 spiro atoms. The number of halogens is 2. The number of rotatable bonds is 3. The van der Waals surface area contributed by atoms with Crippen LogP contribution in [0, 0.1) is 19.7 Å². The first kappa shape index (κ1) is 13.7. The van der Waals surface area contributed by atoms with Crippen molar-refractivity contribution >= 4 is 21.9 Å². The second-order valence-electron chi connectivity index (χ2n) is 4.24. The number of carboxylic acid groups (broad SMARTS) is 1. The topological polar surface area (TPSA) is 55.1 Å². The summed E-state index contributed by atoms with van der Waals surface area (Å²) in [6.07, 6.45) is 0. The van der Waals surface area contributed by atoms with Crippen molar-refractivity contribution in [2.24, 2.45) is 0 Å². The Kier molecular flexibility index (Phi) is 3.71. The summed E-state index contributed by atoms with van der Waals surface area (Å²) in [4.78, 5) is 11.1. The summed E-state index contributed by atoms with van der Waals surface area (Å²) < 4.78 is 15.3. The second kappa shape index (κ2) is 5.13. The van der Waals surface area contributed by atoms with Crippen molar-refractivity contribution in [3.05, 3.63) is 51.0 Å². The highest BCUT2D eigenvalue weighted by Crippen LogP contribution is 2.21. The van der Waals surface area contributed by atoms with Crippen molar-refractivity contribution < 1.29 is 14.3 Å². The number of carbonyl (C=O) groups is 1. The van der Waals surface area contributed by atoms with E-state index in [2.05, 4.69) is 21.0 Å². The van der Waals surface area contributed by atoms with Crippen LogP contribution in [-0.2, 0) is 6.54 Å². The van der Waals surface area contributed by atoms with Gasteiger partial charge in [-0.15, -0.1) is 0 Å². The number of aromatic nitrogens is 2. The fourth-order valence-corrected chi connectivity index (χ4v) is 2.45. The van der Waals surface area contributed by atoms with Gasteiger partial charge in [-0.25, -0.2) is 9.18 Å². The van der Waals surface area contributed by atoms with Gasteiger partial charge in [-0.2, -0.15) is 5.10 Å². The van der Waals surface area contributed by atoms with E-state index in [0.717, 1.165) is 5.56 Å². The molecule has 0 aliphatic rings. The third-order valence-electron chi connectivity index (χ3n) is 2.93. The Morgan fingerprint density at radius 1 is 1.47 bits per heavy atom. The Morgan fingerprint density at radius 2 is 2.16 bits per heavy atom. The van der Waals surface area contributed by atoms with Crippen LogP contribution >= 0.6 is 15.9 Å². The lowest BCUT2D eigenvalue weighted by atomic mass is 10.2. The SMILES string of the molecule is Cc1nn(Cc2ccc(F)cc2Br)c(C)c1C(=O)O. The molecule has 1 N–H and O–H groups in total. The monoisotopic (exact) mass is 326 g/mol. The molecule has 100 valence electrons. The molecule has 0 aliphatic heterocycles. The minimum atomic E-state index is -0.987. The largest absolute Gasteiger partial charge is 0.478 e. The molecular formula is C13H12BrFN2O2. The van der Waals surface area contributed by atoms with Gasteiger partial charge >= 0.3 is 5.97 Å². The molecule has 0 amide bonds. The molecule has 0 saturated heterocycles. The Morgan fingerprint density at radius 3 is 2.68 bits per heavy atom. The van der Waals surface area contributed by atoms with Crippen molar-refractivity contribution in [2.45, 2.75) is 20.4 Å². The Hall–Kier alpha value is -1.69. The van der Waals surface area contributed by atoms with Crippen LogP contribution in [0.25, 0.3) is 0 Å². The fourth-order valence-electron chi connectivity index (χ4n) is 1.97. The first-order valence-electron chi connectivity index (χ1n) is 5.61. The summed E-state index contributed by atoms with van der Waals surface area (Å²) in [6, 6.07) is 4.39. The highest BCUT2D eigenvalue weighted by molar-refractivity contribution is 9.10. The normalized spacial score (nSPS) is 10.7. The summed E-state index contributed by atoms with van der Waals surface area (Å²) in [5.74, 6) is -1.31. The molecular weight excluding hydrogens is 315 g/mol. The van der Waals surface area contributed by atoms with E-state index >= 15 is 0 Å². The van der Waals surface area contributed by atoms with Crippen LogP contribution in [0.3, 0.4) is 0 Å². The minimum Gasteiger partial charge on any atom is -0.478 e. The number of hydrogen-bond donors (Lipinski definition) is 1. The summed E-state index contributed by atoms with van der Waals surface area (Å²) in [5.41, 5.74) is 2.12. The minimum absolute atomic E-state index is 0.221. The van der Waals surface area contributed by atoms with Crippen LogP contribution in [-0.4, -0.2) is 20.9 Å². The van der Waals surface area contributed by atoms with Gasteiger partial charge in [0.05, 0.1) is 17.9 Å². The van der Waals surface area contributed by atoms with Crippen LogP contribution in [0.15, 0.2) is 22.7 Å². The van der Waals surface area contributed by atoms with Crippen LogP contribution in [0.5, 0.6) is 0 Å². The first-order chi connectivity index (χ1) is 8.90. The molecule has 0 radical (unpaired) electrons. The van der Waals surface area contributed by atoms with E-state index in [1.165, 1.54) is 12.1 Å². The third-order valence-corrected chi connectivity index (χ3v) is 3.67. The lowest BCUT2D eigenvalue weighted by molar-refractivity contribution is 0.0695. The summed E-state index contributed by atoms with van der Waals surface area (Å²) in [6.45, 7) is 3.76. The molecule has 1 heterocycles. The standard InChI is InChI=1S/C13H12BrFN2O2/c1-7-12(13(18)19)8(2)17(16-7)6-9-3-4-10(15)5-11(9)14/h3-5H,6H2,1-2H3,(H,18,19). The predicted octanol–water partition coefficient (Wildman–Crippen LogP) is 3.15. The molecule has 0 bridgehead atoms. The maximum Gasteiger partial charge on any atom is 0.339 e. The van der Waals surface area contributed by atoms with Gasteiger partial charge in [0.1, 0.15) is 11.4 Å². The van der Waals surface area contributed by atoms with Gasteiger partial charge in [0.2, 0.25) is 0 Å². The van der Waals surface area contributed by atoms with E-state index < -0.39 is 5.97 Å². The number of benzene rings is 1. The molecule has 0 saturated carbocycles. The van der Waals surface area contributed by atoms with Crippen molar-refractivity contribution in [3.63, 3.8) is 0 Å². The third kappa shape index (κ3) is 2.68. The number of nitrogens with zero attached hydrogens (tertiary/aromatic N) is 2. The maximum absolute atomic E-state index is 13.0. The van der Waals surface area contributed by atoms with Gasteiger partial charge in [-0.05, 0) is 31.5 Å². The van der Waals surface area contributed by atoms with Gasteiger partial charge in [0.15, 0.2) is 0 Å². The van der Waals surface area contributed by atoms with E-state index in [9.17, 15) is 9.18 Å². The zero-order valence-electron chi connectivity index (χ0n) is 10.4. The second-order valence-corrected chi connectivity index (χ2v) is 5.10. The van der Waals surface area contributed by atoms with Gasteiger partial charge in [-0.1, -0.05) is 22.0 Å². The highest BCUT2D eigenvalue weighted by Gasteiger charge is 2.18. The van der Waals surface area contributed by atoms with Crippen molar-refractivity contribution in [2.75, 3.05) is 0 Å². The van der Waals surface area contributed by atoms with Gasteiger partial charge < -0.3 is 5.11 Å². The highest BCUT2D eigenvalue weighted by atomic mass is 79.9. The Bertz CT molecular complexity index is 652. The number of carboxylic acids is 1. The number of hydrogen-bond acceptors (Lipinski definition) is 2. The lowest BCUT2D eigenvalue weighted by Crippen LogP contribution is -2.06. The Labute approximate surface area is 118 Å². The van der Waals surface area contributed by atoms with Crippen molar-refractivity contribution in [3.8, 4) is 0 Å². The molecule has 6 heteroatoms. The van der Waals surface area contributed by atoms with Gasteiger partial charge in [-0.3, -0.25) is 4.68 Å². The number of aryl methyl sites for hydroxylation is 1. The predicted molar refractivity (Wildman–Crippen MR) is 71.9 cm³/mol. The summed E-state index contributed by atoms with van der Waals surface area (Å²) in [5, 5.41) is 13.3. The molecule has 1 aromatic carbocycles. The summed E-state index contributed by atoms with van der Waals surface area (Å²) in [7, 11) is 0. The molecule has 1 aromatic heterocycles. The molecule has 4 nitrogen and oxygen atoms in total. The van der Waals surface area contributed by atoms with Crippen LogP contribution < -0.4 is 0 Å². The molecule has 19 heavy (non-hydrogen) atoms. The molecule has 2 aromatic rings. The molecule has 0 atom stereocenters. The Balaban J connectivity index is 2.39. The molecule has 2 rings (SSSR count). The number of aromatic carboxylic acids is 1. The molecule has 0 fully saturated rings. The van der Waals surface area contributed by atoms with Gasteiger partial charge in [0.25, 0.3) is 0 Å². The molecule has 0 aliphatic carbocycles. The maximum atomic E-state index is 13.0. The zero-order valence-corrected chi connectivity index (χ0v) is 12.0. The van der Waals surface area contributed by atoms with Crippen LogP contribution in [0.4, 0.5) is 4.39 Å². The van der Waals surface area contributed by atoms with Crippen molar-refractivity contribution in [1.82, 2.24) is 9.78 Å². The van der Waals surface area contributed by atoms with Gasteiger partial charge in [0, 0.05) is 4.47 Å². The fraction of sp³-hybridized carbons (Fsp3) is 0.231. The van der Waals surface area contributed by atoms with E-state index in [1.54, 1.807) is 24.6 Å².